The third-order valence-corrected chi connectivity index (χ3v) is 22.9. The van der Waals surface area contributed by atoms with Crippen molar-refractivity contribution < 1.29 is 91.1 Å². The summed E-state index contributed by atoms with van der Waals surface area (Å²) in [6, 6.07) is 17.0. The molecule has 0 saturated heterocycles. The van der Waals surface area contributed by atoms with Crippen molar-refractivity contribution in [2.45, 2.75) is 275 Å². The number of carboxylic acid groups (broad SMARTS) is 2. The molecule has 12 N–H and O–H groups in total. The minimum Gasteiger partial charge on any atom is -0.494 e. The number of Topliss-reactive ketones (excluding diaryl/α,β-unsaturated/α-hetero) is 3. The summed E-state index contributed by atoms with van der Waals surface area (Å²) < 4.78 is 40.8. The van der Waals surface area contributed by atoms with Gasteiger partial charge in [0.2, 0.25) is 45.3 Å². The molecule has 117 heavy (non-hydrogen) atoms. The number of hydrogen-bond acceptors (Lipinski definition) is 20. The molecule has 30 heteroatoms. The average Bonchev–Trinajstić information content (AvgIpc) is 1.04. The first kappa shape index (κ1) is 97.8. The van der Waals surface area contributed by atoms with Crippen LogP contribution in [-0.2, 0) is 87.4 Å². The minimum absolute atomic E-state index is 0.0145. The van der Waals surface area contributed by atoms with E-state index in [1.165, 1.54) is 47.8 Å². The van der Waals surface area contributed by atoms with Crippen LogP contribution >= 0.6 is 0 Å². The SMILES string of the molecule is CCCCCCCC[C@H](CC(=O)[C@H](CC(=O)O)NC(=O)[C@H](CC(C)C)N(C)C(=O)[C@H](CO)NC(=O)[C@@H](CC(=O)[C@H](CO)NC(=O)[C@@H](N)CCCCCCCC)CC(C)C)C(=O)N[C@@H](CC(=O)O)C(=O)C[C@@H](Cc1cn(Cc2cc(C(C)(C)c3ccc(CC)cc3)ccc2Oc2ccc(S(=O)(=O)c3ccc(OCC)cc3)cc2)nn1)C(N)=O. The van der Waals surface area contributed by atoms with Gasteiger partial charge in [0.25, 0.3) is 0 Å². The number of amides is 6. The van der Waals surface area contributed by atoms with E-state index in [9.17, 15) is 81.6 Å². The molecule has 4 aromatic carbocycles. The van der Waals surface area contributed by atoms with E-state index in [1.54, 1.807) is 58.0 Å². The van der Waals surface area contributed by atoms with Crippen LogP contribution in [0.5, 0.6) is 17.2 Å². The van der Waals surface area contributed by atoms with E-state index in [0.29, 0.717) is 55.1 Å². The number of nitrogens with two attached hydrogens (primary N) is 2. The first-order chi connectivity index (χ1) is 55.5. The second-order valence-corrected chi connectivity index (χ2v) is 33.8. The monoisotopic (exact) mass is 1650 g/mol. The van der Waals surface area contributed by atoms with E-state index in [4.69, 9.17) is 20.9 Å². The molecule has 1 heterocycles. The van der Waals surface area contributed by atoms with Crippen molar-refractivity contribution in [2.75, 3.05) is 26.9 Å². The Morgan fingerprint density at radius 1 is 0.556 bits per heavy atom. The Balaban J connectivity index is 1.35. The first-order valence-corrected chi connectivity index (χ1v) is 42.6. The molecule has 644 valence electrons. The molecule has 0 radical (unpaired) electrons. The molecule has 5 rings (SSSR count). The molecule has 5 aromatic rings. The minimum atomic E-state index is -3.92. The quantitative estimate of drug-likeness (QED) is 0.0162. The van der Waals surface area contributed by atoms with Crippen LogP contribution in [-0.4, -0.2) is 177 Å². The number of aryl methyl sites for hydroxylation is 1. The number of rotatable bonds is 57. The van der Waals surface area contributed by atoms with E-state index in [2.05, 4.69) is 83.5 Å². The fourth-order valence-electron chi connectivity index (χ4n) is 14.0. The highest BCUT2D eigenvalue weighted by molar-refractivity contribution is 7.91. The molecule has 0 aliphatic rings. The maximum atomic E-state index is 14.7. The average molecular weight is 1650 g/mol. The smallest absolute Gasteiger partial charge is 0.305 e. The van der Waals surface area contributed by atoms with E-state index >= 15 is 0 Å². The molecule has 1 aromatic heterocycles. The molecular weight excluding hydrogens is 1520 g/mol. The zero-order valence-corrected chi connectivity index (χ0v) is 70.8. The third kappa shape index (κ3) is 31.6. The number of primary amides is 1. The Morgan fingerprint density at radius 3 is 1.56 bits per heavy atom. The highest BCUT2D eigenvalue weighted by atomic mass is 32.2. The molecule has 9 atom stereocenters. The fraction of sp³-hybridized carbons (Fsp3) is 0.575. The highest BCUT2D eigenvalue weighted by Gasteiger charge is 2.39. The number of unbranched alkanes of at least 4 members (excludes halogenated alkanes) is 10. The van der Waals surface area contributed by atoms with Crippen molar-refractivity contribution in [3.05, 3.63) is 125 Å². The molecule has 6 amide bonds. The van der Waals surface area contributed by atoms with E-state index < -0.39 is 179 Å². The van der Waals surface area contributed by atoms with Gasteiger partial charge < -0.3 is 67.5 Å². The van der Waals surface area contributed by atoms with Gasteiger partial charge >= 0.3 is 11.9 Å². The Hall–Kier alpha value is -9.78. The number of ether oxygens (including phenoxy) is 2. The molecule has 0 spiro atoms. The van der Waals surface area contributed by atoms with Gasteiger partial charge in [-0.05, 0) is 128 Å². The number of carboxylic acids is 2. The summed E-state index contributed by atoms with van der Waals surface area (Å²) in [6.45, 7) is 17.9. The topological polar surface area (TPSA) is 455 Å². The number of hydrogen-bond donors (Lipinski definition) is 10. The number of sulfone groups is 1. The van der Waals surface area contributed by atoms with Crippen molar-refractivity contribution in [1.29, 1.82) is 0 Å². The van der Waals surface area contributed by atoms with Crippen molar-refractivity contribution in [3.8, 4) is 17.2 Å². The fourth-order valence-corrected chi connectivity index (χ4v) is 15.3. The van der Waals surface area contributed by atoms with Gasteiger partial charge in [0.15, 0.2) is 17.3 Å². The van der Waals surface area contributed by atoms with Crippen LogP contribution in [0, 0.1) is 29.6 Å². The van der Waals surface area contributed by atoms with Gasteiger partial charge in [-0.3, -0.25) is 52.7 Å². The summed E-state index contributed by atoms with van der Waals surface area (Å²) >= 11 is 0. The first-order valence-electron chi connectivity index (χ1n) is 41.1. The number of ketones is 3. The Labute approximate surface area is 688 Å². The Kier molecular flexibility index (Phi) is 40.8. The number of nitrogens with zero attached hydrogens (tertiary/aromatic N) is 4. The van der Waals surface area contributed by atoms with Crippen LogP contribution < -0.4 is 42.2 Å². The summed E-state index contributed by atoms with van der Waals surface area (Å²) in [7, 11) is -2.71. The summed E-state index contributed by atoms with van der Waals surface area (Å²) in [5.74, 6) is -14.1. The summed E-state index contributed by atoms with van der Waals surface area (Å²) in [4.78, 5) is 153. The van der Waals surface area contributed by atoms with Gasteiger partial charge in [-0.2, -0.15) is 0 Å². The number of nitrogens with one attached hydrogen (secondary N) is 4. The van der Waals surface area contributed by atoms with Crippen molar-refractivity contribution in [2.24, 2.45) is 41.1 Å². The second-order valence-electron chi connectivity index (χ2n) is 31.8. The maximum Gasteiger partial charge on any atom is 0.305 e. The number of aromatic nitrogens is 3. The second kappa shape index (κ2) is 48.8. The predicted molar refractivity (Wildman–Crippen MR) is 441 cm³/mol. The Bertz CT molecular complexity index is 4190. The molecule has 0 aliphatic carbocycles. The molecule has 29 nitrogen and oxygen atoms in total. The van der Waals surface area contributed by atoms with Crippen LogP contribution in [0.2, 0.25) is 0 Å². The van der Waals surface area contributed by atoms with Gasteiger partial charge in [-0.25, -0.2) is 13.1 Å². The molecule has 0 fully saturated rings. The number of carbonyl (C=O) groups excluding carboxylic acids is 9. The molecular formula is C87H126N10O19S. The summed E-state index contributed by atoms with van der Waals surface area (Å²) in [5.41, 5.74) is 15.5. The molecule has 0 aliphatic heterocycles. The third-order valence-electron chi connectivity index (χ3n) is 21.1. The lowest BCUT2D eigenvalue weighted by atomic mass is 9.77. The largest absolute Gasteiger partial charge is 0.494 e. The van der Waals surface area contributed by atoms with Gasteiger partial charge in [-0.1, -0.05) is 175 Å². The van der Waals surface area contributed by atoms with Crippen LogP contribution in [0.1, 0.15) is 232 Å². The lowest BCUT2D eigenvalue weighted by molar-refractivity contribution is -0.145. The van der Waals surface area contributed by atoms with Crippen LogP contribution in [0.25, 0.3) is 0 Å². The van der Waals surface area contributed by atoms with Crippen LogP contribution in [0.3, 0.4) is 0 Å². The molecule has 0 unspecified atom stereocenters. The number of aliphatic hydroxyl groups excluding tert-OH is 2. The number of carbonyl (C=O) groups is 11. The predicted octanol–water partition coefficient (Wildman–Crippen LogP) is 9.61. The molecule has 0 bridgehead atoms. The van der Waals surface area contributed by atoms with E-state index in [0.717, 1.165) is 80.2 Å². The van der Waals surface area contributed by atoms with Crippen LogP contribution in [0.15, 0.2) is 107 Å². The number of aliphatic hydroxyl groups is 2. The summed E-state index contributed by atoms with van der Waals surface area (Å²) in [6.07, 6.45) is 8.76. The Morgan fingerprint density at radius 2 is 1.03 bits per heavy atom. The summed E-state index contributed by atoms with van der Waals surface area (Å²) in [5, 5.41) is 60.0. The van der Waals surface area contributed by atoms with Crippen molar-refractivity contribution >= 4 is 74.6 Å². The van der Waals surface area contributed by atoms with Crippen LogP contribution in [0.4, 0.5) is 0 Å². The number of likely N-dealkylation sites (N-methyl/N-ethyl adjacent to an activating group) is 1. The zero-order valence-electron chi connectivity index (χ0n) is 69.9. The van der Waals surface area contributed by atoms with E-state index in [1.807, 2.05) is 26.0 Å². The molecule has 0 saturated carbocycles. The number of aliphatic carboxylic acids is 2. The lowest BCUT2D eigenvalue weighted by Crippen LogP contribution is -2.58. The van der Waals surface area contributed by atoms with E-state index in [-0.39, 0.29) is 59.5 Å². The van der Waals surface area contributed by atoms with Crippen molar-refractivity contribution in [3.63, 3.8) is 0 Å². The standard InChI is InChI=1S/C87H126N10O19S/c1-12-16-18-20-22-24-26-58(46-75(100)71(50-80(105)106)91-85(111)74(43-56(7)8)96(11)86(112)73(54-99)93-83(109)60(42-55(5)6)48-77(102)72(53-98)92-84(110)69(88)27-25-23-21-19-17-13-2)82(108)90-70(49-79(103)104)76(101)47-59(81(89)107)45-64-52-97(95-94-64)51-61-44-63(87(9,10)62-30-28-57(14-3)29-31-62)32-41-78(61)116-66-35-39-68(40-36-66)117(113,114)67-37-33-65(34-38-67)115-15-4/h28-41,44,52,55-56,58-60,69-74,98-99H,12-27,42-43,45-51,53-54,88H2,1-11H3,(H2,89,107)(H,90,108)(H,91,111)(H,92,110)(H,93,109)(H,103,104)(H,105,106)/t58-,59-,60-,69+,70+,71+,72+,73+,74+/m1/s1. The van der Waals surface area contributed by atoms with Gasteiger partial charge in [0.1, 0.15) is 35.4 Å². The highest BCUT2D eigenvalue weighted by Crippen LogP contribution is 2.37. The van der Waals surface area contributed by atoms with Gasteiger partial charge in [0, 0.05) is 61.7 Å². The number of benzene rings is 4. The van der Waals surface area contributed by atoms with Gasteiger partial charge in [-0.15, -0.1) is 5.10 Å². The van der Waals surface area contributed by atoms with Crippen molar-refractivity contribution in [1.82, 2.24) is 41.2 Å². The normalized spacial score (nSPS) is 14.0. The maximum absolute atomic E-state index is 14.7. The lowest BCUT2D eigenvalue weighted by Gasteiger charge is -2.33. The zero-order chi connectivity index (χ0) is 86.7. The van der Waals surface area contributed by atoms with Gasteiger partial charge in [0.05, 0.1) is 78.7 Å².